The Morgan fingerprint density at radius 3 is 1.78 bits per heavy atom. The van der Waals surface area contributed by atoms with Gasteiger partial charge in [-0.25, -0.2) is 0 Å². The van der Waals surface area contributed by atoms with Crippen LogP contribution in [0.3, 0.4) is 0 Å². The van der Waals surface area contributed by atoms with Crippen LogP contribution in [-0.2, 0) is 0 Å². The lowest BCUT2D eigenvalue weighted by Crippen LogP contribution is -2.31. The average molecular weight is 793 g/mol. The summed E-state index contributed by atoms with van der Waals surface area (Å²) in [5.74, 6) is 0. The number of nitrogens with zero attached hydrogens (tertiary/aromatic N) is 5. The fraction of sp³-hybridized carbons (Fsp3) is 0.255. The smallest absolute Gasteiger partial charge is 0.208 e. The molecule has 0 fully saturated rings. The SMILES string of the molecule is C/C(=C\C=C1/CCC(/C=C/C(C)=[N+](\CCN(C)C)c2ccc3ccccc3c2C)=C1N(c1ccccc1)c1ccccc1)N(CCN(C)C)c1ccc2ccccc2c1C. The van der Waals surface area contributed by atoms with E-state index in [4.69, 9.17) is 0 Å². The highest BCUT2D eigenvalue weighted by Crippen LogP contribution is 2.42. The summed E-state index contributed by atoms with van der Waals surface area (Å²) in [4.78, 5) is 9.50. The van der Waals surface area contributed by atoms with Crippen molar-refractivity contribution in [3.8, 4) is 0 Å². The lowest BCUT2D eigenvalue weighted by atomic mass is 10.0. The highest BCUT2D eigenvalue weighted by molar-refractivity contribution is 5.93. The maximum Gasteiger partial charge on any atom is 0.208 e. The molecular formula is C55H62N5+. The number of hydrogen-bond acceptors (Lipinski definition) is 4. The molecule has 0 bridgehead atoms. The van der Waals surface area contributed by atoms with E-state index in [-0.39, 0.29) is 0 Å². The van der Waals surface area contributed by atoms with Crippen LogP contribution in [0.4, 0.5) is 22.7 Å². The predicted molar refractivity (Wildman–Crippen MR) is 260 cm³/mol. The minimum absolute atomic E-state index is 0.893. The fourth-order valence-corrected chi connectivity index (χ4v) is 8.50. The van der Waals surface area contributed by atoms with Gasteiger partial charge in [0.2, 0.25) is 5.69 Å². The van der Waals surface area contributed by atoms with E-state index in [2.05, 4.69) is 238 Å². The van der Waals surface area contributed by atoms with Gasteiger partial charge in [0, 0.05) is 60.5 Å². The molecule has 306 valence electrons. The molecule has 0 atom stereocenters. The van der Waals surface area contributed by atoms with Gasteiger partial charge in [-0.05, 0) is 143 Å². The van der Waals surface area contributed by atoms with Crippen molar-refractivity contribution < 1.29 is 4.58 Å². The number of fused-ring (bicyclic) bond motifs is 2. The predicted octanol–water partition coefficient (Wildman–Crippen LogP) is 12.6. The first-order chi connectivity index (χ1) is 29.1. The van der Waals surface area contributed by atoms with Gasteiger partial charge in [-0.15, -0.1) is 0 Å². The van der Waals surface area contributed by atoms with Crippen LogP contribution in [0.15, 0.2) is 180 Å². The van der Waals surface area contributed by atoms with E-state index in [0.29, 0.717) is 0 Å². The number of aryl methyl sites for hydroxylation is 2. The summed E-state index contributed by atoms with van der Waals surface area (Å²) in [6, 6.07) is 48.3. The zero-order valence-electron chi connectivity index (χ0n) is 37.0. The van der Waals surface area contributed by atoms with Gasteiger partial charge < -0.3 is 19.6 Å². The van der Waals surface area contributed by atoms with Crippen LogP contribution in [0.5, 0.6) is 0 Å². The van der Waals surface area contributed by atoms with E-state index in [1.54, 1.807) is 0 Å². The lowest BCUT2D eigenvalue weighted by Gasteiger charge is -2.30. The zero-order chi connectivity index (χ0) is 42.2. The molecule has 1 aliphatic rings. The largest absolute Gasteiger partial charge is 0.344 e. The number of rotatable bonds is 15. The van der Waals surface area contributed by atoms with Gasteiger partial charge >= 0.3 is 0 Å². The second-order valence-corrected chi connectivity index (χ2v) is 16.6. The molecule has 7 rings (SSSR count). The number of likely N-dealkylation sites (N-methyl/N-ethyl adjacent to an activating group) is 2. The number of benzene rings is 6. The Balaban J connectivity index is 1.36. The number of hydrogen-bond donors (Lipinski definition) is 0. The van der Waals surface area contributed by atoms with Gasteiger partial charge in [-0.2, -0.15) is 4.58 Å². The summed E-state index contributed by atoms with van der Waals surface area (Å²) in [6.45, 7) is 12.7. The van der Waals surface area contributed by atoms with Crippen molar-refractivity contribution in [1.29, 1.82) is 0 Å². The molecule has 0 aliphatic heterocycles. The first-order valence-corrected chi connectivity index (χ1v) is 21.4. The molecule has 5 nitrogen and oxygen atoms in total. The molecule has 0 saturated heterocycles. The maximum atomic E-state index is 2.50. The summed E-state index contributed by atoms with van der Waals surface area (Å²) in [7, 11) is 8.62. The molecule has 0 N–H and O–H groups in total. The van der Waals surface area contributed by atoms with Gasteiger partial charge in [0.25, 0.3) is 0 Å². The second kappa shape index (κ2) is 19.4. The van der Waals surface area contributed by atoms with Crippen molar-refractivity contribution in [3.63, 3.8) is 0 Å². The summed E-state index contributed by atoms with van der Waals surface area (Å²) in [5.41, 5.74) is 13.8. The monoisotopic (exact) mass is 792 g/mol. The van der Waals surface area contributed by atoms with Gasteiger partial charge in [-0.3, -0.25) is 0 Å². The molecule has 0 amide bonds. The van der Waals surface area contributed by atoms with Crippen molar-refractivity contribution in [1.82, 2.24) is 9.80 Å². The molecule has 1 aliphatic carbocycles. The van der Waals surface area contributed by atoms with Crippen LogP contribution in [0.25, 0.3) is 21.5 Å². The van der Waals surface area contributed by atoms with Crippen molar-refractivity contribution in [3.05, 3.63) is 191 Å². The molecule has 0 heterocycles. The summed E-state index contributed by atoms with van der Waals surface area (Å²) in [5, 5.41) is 5.16. The molecule has 0 unspecified atom stereocenters. The minimum atomic E-state index is 0.893. The number of para-hydroxylation sites is 2. The molecule has 6 aromatic carbocycles. The number of anilines is 3. The summed E-state index contributed by atoms with van der Waals surface area (Å²) < 4.78 is 2.50. The molecule has 60 heavy (non-hydrogen) atoms. The molecule has 0 saturated carbocycles. The van der Waals surface area contributed by atoms with Crippen LogP contribution in [0.2, 0.25) is 0 Å². The first kappa shape index (κ1) is 42.1. The van der Waals surface area contributed by atoms with Crippen LogP contribution in [0.1, 0.15) is 37.8 Å². The van der Waals surface area contributed by atoms with Gasteiger partial charge in [0.15, 0.2) is 12.3 Å². The normalized spacial score (nSPS) is 14.7. The maximum absolute atomic E-state index is 2.50. The molecule has 6 aromatic rings. The third kappa shape index (κ3) is 9.55. The van der Waals surface area contributed by atoms with Crippen molar-refractivity contribution in [2.24, 2.45) is 0 Å². The van der Waals surface area contributed by atoms with E-state index >= 15 is 0 Å². The second-order valence-electron chi connectivity index (χ2n) is 16.6. The Kier molecular flexibility index (Phi) is 13.6. The van der Waals surface area contributed by atoms with E-state index in [9.17, 15) is 0 Å². The van der Waals surface area contributed by atoms with E-state index in [1.165, 1.54) is 72.3 Å². The average Bonchev–Trinajstić information content (AvgIpc) is 3.66. The highest BCUT2D eigenvalue weighted by Gasteiger charge is 2.27. The van der Waals surface area contributed by atoms with Crippen molar-refractivity contribution >= 4 is 50.0 Å². The van der Waals surface area contributed by atoms with Crippen LogP contribution >= 0.6 is 0 Å². The number of allylic oxidation sites excluding steroid dienone is 7. The Bertz CT molecular complexity index is 2550. The Labute approximate surface area is 359 Å². The third-order valence-electron chi connectivity index (χ3n) is 11.9. The molecule has 0 spiro atoms. The van der Waals surface area contributed by atoms with Crippen LogP contribution < -0.4 is 9.80 Å². The molecule has 5 heteroatoms. The quantitative estimate of drug-likeness (QED) is 0.0760. The topological polar surface area (TPSA) is 16.0 Å². The van der Waals surface area contributed by atoms with Crippen molar-refractivity contribution in [2.75, 3.05) is 64.2 Å². The minimum Gasteiger partial charge on any atom is -0.344 e. The lowest BCUT2D eigenvalue weighted by molar-refractivity contribution is -0.440. The van der Waals surface area contributed by atoms with E-state index in [0.717, 1.165) is 50.4 Å². The Morgan fingerprint density at radius 2 is 1.17 bits per heavy atom. The first-order valence-electron chi connectivity index (χ1n) is 21.4. The molecular weight excluding hydrogens is 731 g/mol. The van der Waals surface area contributed by atoms with Crippen molar-refractivity contribution in [2.45, 2.75) is 40.5 Å². The van der Waals surface area contributed by atoms with E-state index < -0.39 is 0 Å². The van der Waals surface area contributed by atoms with Gasteiger partial charge in [0.1, 0.15) is 0 Å². The third-order valence-corrected chi connectivity index (χ3v) is 11.9. The van der Waals surface area contributed by atoms with Crippen LogP contribution in [-0.4, -0.2) is 74.5 Å². The van der Waals surface area contributed by atoms with Crippen LogP contribution in [0, 0.1) is 13.8 Å². The standard InChI is InChI=1S/C55H62N5/c1-41(58(39-37-56(5)6)53-35-33-45-19-15-17-25-51(45)43(53)3)27-29-47-31-32-48(55(47)60(49-21-11-9-12-22-49)50-23-13-10-14-24-50)30-28-42(2)59(40-38-57(7)8)54-36-34-46-20-16-18-26-52(46)44(54)4/h9-30,33-36H,31-32,37-40H2,1-8H3/q+1. The highest BCUT2D eigenvalue weighted by atomic mass is 15.2. The van der Waals surface area contributed by atoms with Gasteiger partial charge in [0.05, 0.1) is 12.2 Å². The molecule has 0 aromatic heterocycles. The van der Waals surface area contributed by atoms with E-state index in [1.807, 2.05) is 0 Å². The summed E-state index contributed by atoms with van der Waals surface area (Å²) >= 11 is 0. The molecule has 0 radical (unpaired) electrons. The fourth-order valence-electron chi connectivity index (χ4n) is 8.50. The van der Waals surface area contributed by atoms with Gasteiger partial charge in [-0.1, -0.05) is 103 Å². The Morgan fingerprint density at radius 1 is 0.600 bits per heavy atom. The summed E-state index contributed by atoms with van der Waals surface area (Å²) in [6.07, 6.45) is 11.4. The zero-order valence-corrected chi connectivity index (χ0v) is 37.0. The Hall–Kier alpha value is -6.01.